The van der Waals surface area contributed by atoms with Crippen molar-refractivity contribution >= 4 is 23.5 Å². The average Bonchev–Trinajstić information content (AvgIpc) is 2.77. The topological polar surface area (TPSA) is 95.5 Å². The van der Waals surface area contributed by atoms with Crippen LogP contribution in [0.3, 0.4) is 0 Å². The molecule has 1 aromatic carbocycles. The number of nitrogens with one attached hydrogen (secondary N) is 2. The van der Waals surface area contributed by atoms with Gasteiger partial charge in [0.25, 0.3) is 5.91 Å². The van der Waals surface area contributed by atoms with Gasteiger partial charge in [-0.2, -0.15) is 0 Å². The smallest absolute Gasteiger partial charge is 0.329 e. The van der Waals surface area contributed by atoms with Crippen LogP contribution in [0.4, 0.5) is 5.69 Å². The lowest BCUT2D eigenvalue weighted by Gasteiger charge is -2.25. The molecular formula is C15H18N2O4. The van der Waals surface area contributed by atoms with E-state index in [0.29, 0.717) is 30.5 Å². The number of fused-ring (bicyclic) bond motifs is 1. The van der Waals surface area contributed by atoms with Crippen molar-refractivity contribution in [3.05, 3.63) is 29.3 Å². The first-order valence-corrected chi connectivity index (χ1v) is 6.84. The summed E-state index contributed by atoms with van der Waals surface area (Å²) in [7, 11) is 0. The fourth-order valence-corrected chi connectivity index (χ4v) is 2.40. The molecule has 0 spiro atoms. The molecule has 2 amide bonds. The molecular weight excluding hydrogens is 272 g/mol. The molecule has 1 aliphatic heterocycles. The van der Waals surface area contributed by atoms with Gasteiger partial charge in [-0.1, -0.05) is 19.4 Å². The first kappa shape index (κ1) is 15.0. The number of amides is 2. The Morgan fingerprint density at radius 3 is 2.76 bits per heavy atom. The van der Waals surface area contributed by atoms with Gasteiger partial charge in [0.05, 0.1) is 6.42 Å². The standard InChI is InChI=1S/C15H18N2O4/c1-3-6-15(2,14(20)21)17-13(19)10-5-4-9-8-12(18)16-11(9)7-10/h4-5,7H,3,6,8H2,1-2H3,(H,16,18)(H,17,19)(H,20,21). The third kappa shape index (κ3) is 3.04. The molecule has 1 aromatic rings. The van der Waals surface area contributed by atoms with E-state index in [0.717, 1.165) is 5.56 Å². The van der Waals surface area contributed by atoms with E-state index >= 15 is 0 Å². The first-order chi connectivity index (χ1) is 9.85. The zero-order valence-electron chi connectivity index (χ0n) is 12.0. The Labute approximate surface area is 122 Å². The van der Waals surface area contributed by atoms with Gasteiger partial charge in [0.1, 0.15) is 5.54 Å². The Morgan fingerprint density at radius 2 is 2.14 bits per heavy atom. The fraction of sp³-hybridized carbons (Fsp3) is 0.400. The molecule has 1 heterocycles. The minimum Gasteiger partial charge on any atom is -0.480 e. The lowest BCUT2D eigenvalue weighted by Crippen LogP contribution is -2.52. The minimum absolute atomic E-state index is 0.107. The van der Waals surface area contributed by atoms with Crippen LogP contribution in [0.15, 0.2) is 18.2 Å². The number of carbonyl (C=O) groups is 3. The van der Waals surface area contributed by atoms with Gasteiger partial charge in [-0.15, -0.1) is 0 Å². The van der Waals surface area contributed by atoms with Crippen LogP contribution in [-0.4, -0.2) is 28.4 Å². The molecule has 0 fully saturated rings. The lowest BCUT2D eigenvalue weighted by atomic mass is 9.95. The molecule has 0 bridgehead atoms. The highest BCUT2D eigenvalue weighted by molar-refractivity contribution is 6.03. The van der Waals surface area contributed by atoms with Crippen molar-refractivity contribution in [2.75, 3.05) is 5.32 Å². The SMILES string of the molecule is CCCC(C)(NC(=O)c1ccc2c(c1)NC(=O)C2)C(=O)O. The maximum Gasteiger partial charge on any atom is 0.329 e. The van der Waals surface area contributed by atoms with Crippen molar-refractivity contribution < 1.29 is 19.5 Å². The zero-order valence-corrected chi connectivity index (χ0v) is 12.0. The summed E-state index contributed by atoms with van der Waals surface area (Å²) in [4.78, 5) is 34.9. The number of carboxylic acid groups (broad SMARTS) is 1. The number of hydrogen-bond acceptors (Lipinski definition) is 3. The zero-order chi connectivity index (χ0) is 15.6. The third-order valence-corrected chi connectivity index (χ3v) is 3.61. The van der Waals surface area contributed by atoms with Gasteiger partial charge in [-0.05, 0) is 31.0 Å². The third-order valence-electron chi connectivity index (χ3n) is 3.61. The van der Waals surface area contributed by atoms with Crippen LogP contribution in [0, 0.1) is 0 Å². The van der Waals surface area contributed by atoms with Gasteiger partial charge >= 0.3 is 5.97 Å². The Bertz CT molecular complexity index is 612. The molecule has 0 aliphatic carbocycles. The number of aliphatic carboxylic acids is 1. The molecule has 1 unspecified atom stereocenters. The fourth-order valence-electron chi connectivity index (χ4n) is 2.40. The first-order valence-electron chi connectivity index (χ1n) is 6.84. The minimum atomic E-state index is -1.30. The highest BCUT2D eigenvalue weighted by Gasteiger charge is 2.34. The van der Waals surface area contributed by atoms with Gasteiger partial charge in [0, 0.05) is 11.3 Å². The summed E-state index contributed by atoms with van der Waals surface area (Å²) >= 11 is 0. The Balaban J connectivity index is 2.19. The summed E-state index contributed by atoms with van der Waals surface area (Å²) in [6, 6.07) is 4.88. The van der Waals surface area contributed by atoms with Gasteiger partial charge in [-0.3, -0.25) is 9.59 Å². The summed E-state index contributed by atoms with van der Waals surface area (Å²) in [5, 5.41) is 14.5. The van der Waals surface area contributed by atoms with Crippen LogP contribution in [0.5, 0.6) is 0 Å². The lowest BCUT2D eigenvalue weighted by molar-refractivity contribution is -0.144. The van der Waals surface area contributed by atoms with Crippen LogP contribution >= 0.6 is 0 Å². The summed E-state index contributed by atoms with van der Waals surface area (Å²) in [5.74, 6) is -1.63. The molecule has 3 N–H and O–H groups in total. The molecule has 2 rings (SSSR count). The maximum absolute atomic E-state index is 12.2. The second-order valence-corrected chi connectivity index (χ2v) is 5.44. The van der Waals surface area contributed by atoms with Crippen molar-refractivity contribution in [1.29, 1.82) is 0 Å². The Kier molecular flexibility index (Phi) is 3.97. The summed E-state index contributed by atoms with van der Waals surface area (Å²) < 4.78 is 0. The predicted molar refractivity (Wildman–Crippen MR) is 77.2 cm³/mol. The summed E-state index contributed by atoms with van der Waals surface area (Å²) in [6.45, 7) is 3.35. The van der Waals surface area contributed by atoms with E-state index in [1.54, 1.807) is 18.2 Å². The summed E-state index contributed by atoms with van der Waals surface area (Å²) in [5.41, 5.74) is 0.486. The second-order valence-electron chi connectivity index (χ2n) is 5.44. The van der Waals surface area contributed by atoms with Crippen LogP contribution < -0.4 is 10.6 Å². The molecule has 0 aromatic heterocycles. The molecule has 0 saturated heterocycles. The molecule has 1 atom stereocenters. The molecule has 1 aliphatic rings. The highest BCUT2D eigenvalue weighted by Crippen LogP contribution is 2.24. The molecule has 112 valence electrons. The maximum atomic E-state index is 12.2. The van der Waals surface area contributed by atoms with E-state index in [2.05, 4.69) is 10.6 Å². The molecule has 21 heavy (non-hydrogen) atoms. The predicted octanol–water partition coefficient (Wildman–Crippen LogP) is 1.55. The Morgan fingerprint density at radius 1 is 1.43 bits per heavy atom. The van der Waals surface area contributed by atoms with Crippen molar-refractivity contribution in [2.24, 2.45) is 0 Å². The number of carbonyl (C=O) groups excluding carboxylic acids is 2. The van der Waals surface area contributed by atoms with E-state index in [4.69, 9.17) is 0 Å². The summed E-state index contributed by atoms with van der Waals surface area (Å²) in [6.07, 6.45) is 1.29. The van der Waals surface area contributed by atoms with Crippen LogP contribution in [0.2, 0.25) is 0 Å². The average molecular weight is 290 g/mol. The van der Waals surface area contributed by atoms with Gasteiger partial charge in [0.2, 0.25) is 5.91 Å². The number of carboxylic acids is 1. The van der Waals surface area contributed by atoms with Crippen molar-refractivity contribution in [1.82, 2.24) is 5.32 Å². The van der Waals surface area contributed by atoms with Crippen molar-refractivity contribution in [2.45, 2.75) is 38.6 Å². The van der Waals surface area contributed by atoms with Gasteiger partial charge in [-0.25, -0.2) is 4.79 Å². The Hall–Kier alpha value is -2.37. The number of rotatable bonds is 5. The van der Waals surface area contributed by atoms with Gasteiger partial charge < -0.3 is 15.7 Å². The van der Waals surface area contributed by atoms with Crippen molar-refractivity contribution in [3.63, 3.8) is 0 Å². The van der Waals surface area contributed by atoms with E-state index in [1.165, 1.54) is 6.92 Å². The molecule has 6 heteroatoms. The number of benzene rings is 1. The van der Waals surface area contributed by atoms with E-state index in [1.807, 2.05) is 6.92 Å². The van der Waals surface area contributed by atoms with E-state index < -0.39 is 17.4 Å². The number of hydrogen-bond donors (Lipinski definition) is 3. The highest BCUT2D eigenvalue weighted by atomic mass is 16.4. The molecule has 0 radical (unpaired) electrons. The molecule has 6 nitrogen and oxygen atoms in total. The van der Waals surface area contributed by atoms with Crippen LogP contribution in [0.1, 0.15) is 42.6 Å². The van der Waals surface area contributed by atoms with E-state index in [9.17, 15) is 19.5 Å². The molecule has 0 saturated carbocycles. The van der Waals surface area contributed by atoms with E-state index in [-0.39, 0.29) is 5.91 Å². The quantitative estimate of drug-likeness (QED) is 0.766. The van der Waals surface area contributed by atoms with Crippen molar-refractivity contribution in [3.8, 4) is 0 Å². The monoisotopic (exact) mass is 290 g/mol. The second kappa shape index (κ2) is 5.55. The van der Waals surface area contributed by atoms with Crippen LogP contribution in [0.25, 0.3) is 0 Å². The normalized spacial score (nSPS) is 15.8. The van der Waals surface area contributed by atoms with Gasteiger partial charge in [0.15, 0.2) is 0 Å². The number of anilines is 1. The van der Waals surface area contributed by atoms with Crippen LogP contribution in [-0.2, 0) is 16.0 Å². The largest absolute Gasteiger partial charge is 0.480 e.